The van der Waals surface area contributed by atoms with E-state index in [0.717, 1.165) is 25.7 Å². The van der Waals surface area contributed by atoms with Crippen molar-refractivity contribution in [2.75, 3.05) is 12.0 Å². The third kappa shape index (κ3) is 4.04. The second-order valence-corrected chi connectivity index (χ2v) is 5.08. The van der Waals surface area contributed by atoms with Crippen LogP contribution in [0.15, 0.2) is 0 Å². The Morgan fingerprint density at radius 1 is 1.38 bits per heavy atom. The third-order valence-corrected chi connectivity index (χ3v) is 3.53. The highest BCUT2D eigenvalue weighted by molar-refractivity contribution is 7.99. The number of amides is 1. The molecule has 5 heteroatoms. The van der Waals surface area contributed by atoms with Gasteiger partial charge in [0.05, 0.1) is 5.75 Å². The van der Waals surface area contributed by atoms with E-state index in [1.165, 1.54) is 18.2 Å². The number of carboxylic acid groups (broad SMARTS) is 1. The molecule has 1 atom stereocenters. The minimum atomic E-state index is -0.902. The smallest absolute Gasteiger partial charge is 0.326 e. The van der Waals surface area contributed by atoms with Gasteiger partial charge in [-0.25, -0.2) is 4.79 Å². The molecule has 0 aromatic rings. The summed E-state index contributed by atoms with van der Waals surface area (Å²) in [6.07, 6.45) is 6.99. The first kappa shape index (κ1) is 13.4. The maximum atomic E-state index is 11.4. The molecule has 0 aromatic heterocycles. The lowest BCUT2D eigenvalue weighted by Crippen LogP contribution is -2.47. The zero-order valence-corrected chi connectivity index (χ0v) is 10.4. The zero-order valence-electron chi connectivity index (χ0n) is 9.57. The van der Waals surface area contributed by atoms with Gasteiger partial charge in [-0.1, -0.05) is 19.3 Å². The van der Waals surface area contributed by atoms with Gasteiger partial charge in [-0.05, 0) is 25.0 Å². The highest BCUT2D eigenvalue weighted by Gasteiger charge is 2.30. The van der Waals surface area contributed by atoms with Gasteiger partial charge in [0.2, 0.25) is 5.91 Å². The Balaban J connectivity index is 2.52. The van der Waals surface area contributed by atoms with Crippen LogP contribution < -0.4 is 5.32 Å². The molecule has 1 rings (SSSR count). The molecule has 0 heterocycles. The van der Waals surface area contributed by atoms with Gasteiger partial charge >= 0.3 is 5.97 Å². The van der Waals surface area contributed by atoms with E-state index in [-0.39, 0.29) is 11.8 Å². The van der Waals surface area contributed by atoms with Crippen LogP contribution in [0.25, 0.3) is 0 Å². The molecule has 1 aliphatic carbocycles. The quantitative estimate of drug-likeness (QED) is 0.770. The van der Waals surface area contributed by atoms with Crippen molar-refractivity contribution in [2.45, 2.75) is 38.1 Å². The summed E-state index contributed by atoms with van der Waals surface area (Å²) in [6.45, 7) is 0. The number of carboxylic acids is 1. The third-order valence-electron chi connectivity index (χ3n) is 2.98. The number of carbonyl (C=O) groups excluding carboxylic acids is 1. The fourth-order valence-electron chi connectivity index (χ4n) is 2.19. The summed E-state index contributed by atoms with van der Waals surface area (Å²) in [7, 11) is 0. The zero-order chi connectivity index (χ0) is 12.0. The summed E-state index contributed by atoms with van der Waals surface area (Å²) in [5.41, 5.74) is 0. The van der Waals surface area contributed by atoms with Gasteiger partial charge in [0, 0.05) is 0 Å². The van der Waals surface area contributed by atoms with Crippen LogP contribution in [-0.2, 0) is 9.59 Å². The number of thioether (sulfide) groups is 1. The Labute approximate surface area is 100 Å². The predicted molar refractivity (Wildman–Crippen MR) is 64.5 cm³/mol. The maximum absolute atomic E-state index is 11.4. The molecule has 0 spiro atoms. The number of rotatable bonds is 5. The van der Waals surface area contributed by atoms with Crippen LogP contribution in [0.4, 0.5) is 0 Å². The lowest BCUT2D eigenvalue weighted by atomic mass is 9.84. The Morgan fingerprint density at radius 3 is 2.50 bits per heavy atom. The van der Waals surface area contributed by atoms with E-state index < -0.39 is 12.0 Å². The summed E-state index contributed by atoms with van der Waals surface area (Å²) in [5, 5.41) is 11.7. The SMILES string of the molecule is CSCC(=O)NC(C(=O)O)C1CCCCC1. The number of hydrogen-bond acceptors (Lipinski definition) is 3. The minimum absolute atomic E-state index is 0.108. The normalized spacial score (nSPS) is 19.1. The molecule has 1 amide bonds. The molecule has 0 saturated heterocycles. The maximum Gasteiger partial charge on any atom is 0.326 e. The number of hydrogen-bond donors (Lipinski definition) is 2. The molecule has 0 aliphatic heterocycles. The van der Waals surface area contributed by atoms with Crippen LogP contribution in [0, 0.1) is 5.92 Å². The molecule has 0 radical (unpaired) electrons. The van der Waals surface area contributed by atoms with Crippen LogP contribution in [0.1, 0.15) is 32.1 Å². The van der Waals surface area contributed by atoms with Crippen LogP contribution in [0.5, 0.6) is 0 Å². The largest absolute Gasteiger partial charge is 0.480 e. The van der Waals surface area contributed by atoms with Crippen LogP contribution in [0.2, 0.25) is 0 Å². The van der Waals surface area contributed by atoms with Gasteiger partial charge in [0.25, 0.3) is 0 Å². The second kappa shape index (κ2) is 6.78. The summed E-state index contributed by atoms with van der Waals surface area (Å²) < 4.78 is 0. The molecular weight excluding hydrogens is 226 g/mol. The molecule has 1 unspecified atom stereocenters. The molecule has 16 heavy (non-hydrogen) atoms. The summed E-state index contributed by atoms with van der Waals surface area (Å²) in [4.78, 5) is 22.5. The van der Waals surface area contributed by atoms with Crippen molar-refractivity contribution in [1.82, 2.24) is 5.32 Å². The van der Waals surface area contributed by atoms with Gasteiger partial charge < -0.3 is 10.4 Å². The Kier molecular flexibility index (Phi) is 5.66. The van der Waals surface area contributed by atoms with Crippen molar-refractivity contribution in [3.05, 3.63) is 0 Å². The average Bonchev–Trinajstić information content (AvgIpc) is 2.27. The van der Waals surface area contributed by atoms with E-state index in [4.69, 9.17) is 5.11 Å². The molecular formula is C11H19NO3S. The fourth-order valence-corrected chi connectivity index (χ4v) is 2.54. The summed E-state index contributed by atoms with van der Waals surface area (Å²) >= 11 is 1.41. The molecule has 0 aromatic carbocycles. The van der Waals surface area contributed by atoms with Crippen molar-refractivity contribution in [3.63, 3.8) is 0 Å². The van der Waals surface area contributed by atoms with E-state index >= 15 is 0 Å². The molecule has 1 aliphatic rings. The highest BCUT2D eigenvalue weighted by atomic mass is 32.2. The first-order valence-electron chi connectivity index (χ1n) is 5.66. The molecule has 0 bridgehead atoms. The first-order chi connectivity index (χ1) is 7.65. The van der Waals surface area contributed by atoms with E-state index in [2.05, 4.69) is 5.32 Å². The first-order valence-corrected chi connectivity index (χ1v) is 7.05. The van der Waals surface area contributed by atoms with Gasteiger partial charge in [0.15, 0.2) is 0 Å². The van der Waals surface area contributed by atoms with E-state index in [9.17, 15) is 9.59 Å². The van der Waals surface area contributed by atoms with Gasteiger partial charge in [0.1, 0.15) is 6.04 Å². The fraction of sp³-hybridized carbons (Fsp3) is 0.818. The molecule has 2 N–H and O–H groups in total. The van der Waals surface area contributed by atoms with Crippen LogP contribution >= 0.6 is 11.8 Å². The van der Waals surface area contributed by atoms with Gasteiger partial charge in [-0.15, -0.1) is 0 Å². The molecule has 4 nitrogen and oxygen atoms in total. The predicted octanol–water partition coefficient (Wildman–Crippen LogP) is 1.50. The van der Waals surface area contributed by atoms with Crippen molar-refractivity contribution < 1.29 is 14.7 Å². The van der Waals surface area contributed by atoms with Crippen molar-refractivity contribution >= 4 is 23.6 Å². The molecule has 1 saturated carbocycles. The van der Waals surface area contributed by atoms with Gasteiger partial charge in [-0.2, -0.15) is 11.8 Å². The van der Waals surface area contributed by atoms with Crippen molar-refractivity contribution in [1.29, 1.82) is 0 Å². The highest BCUT2D eigenvalue weighted by Crippen LogP contribution is 2.26. The topological polar surface area (TPSA) is 66.4 Å². The van der Waals surface area contributed by atoms with E-state index in [1.807, 2.05) is 6.26 Å². The molecule has 92 valence electrons. The minimum Gasteiger partial charge on any atom is -0.480 e. The van der Waals surface area contributed by atoms with Crippen LogP contribution in [0.3, 0.4) is 0 Å². The Hall–Kier alpha value is -0.710. The van der Waals surface area contributed by atoms with E-state index in [1.54, 1.807) is 0 Å². The number of carbonyl (C=O) groups is 2. The Bertz CT molecular complexity index is 250. The lowest BCUT2D eigenvalue weighted by Gasteiger charge is -2.27. The monoisotopic (exact) mass is 245 g/mol. The van der Waals surface area contributed by atoms with E-state index in [0.29, 0.717) is 5.75 Å². The van der Waals surface area contributed by atoms with Gasteiger partial charge in [-0.3, -0.25) is 4.79 Å². The molecule has 1 fully saturated rings. The second-order valence-electron chi connectivity index (χ2n) is 4.21. The lowest BCUT2D eigenvalue weighted by molar-refractivity contribution is -0.143. The average molecular weight is 245 g/mol. The summed E-state index contributed by atoms with van der Waals surface area (Å²) in [6, 6.07) is -0.694. The standard InChI is InChI=1S/C11H19NO3S/c1-16-7-9(13)12-10(11(14)15)8-5-3-2-4-6-8/h8,10H,2-7H2,1H3,(H,12,13)(H,14,15). The Morgan fingerprint density at radius 2 is 2.00 bits per heavy atom. The number of nitrogens with one attached hydrogen (secondary N) is 1. The van der Waals surface area contributed by atoms with Crippen LogP contribution in [-0.4, -0.2) is 35.0 Å². The van der Waals surface area contributed by atoms with Crippen molar-refractivity contribution in [3.8, 4) is 0 Å². The summed E-state index contributed by atoms with van der Waals surface area (Å²) in [5.74, 6) is -0.639. The number of aliphatic carboxylic acids is 1. The van der Waals surface area contributed by atoms with Crippen molar-refractivity contribution in [2.24, 2.45) is 5.92 Å².